The van der Waals surface area contributed by atoms with E-state index in [1.807, 2.05) is 0 Å². The second-order valence-electron chi connectivity index (χ2n) is 0.914. The van der Waals surface area contributed by atoms with Gasteiger partial charge in [0.2, 0.25) is 0 Å². The van der Waals surface area contributed by atoms with Crippen molar-refractivity contribution in [1.82, 2.24) is 5.32 Å². The van der Waals surface area contributed by atoms with Crippen molar-refractivity contribution >= 4 is 20.7 Å². The van der Waals surface area contributed by atoms with Gasteiger partial charge in [0.25, 0.3) is 0 Å². The number of aliphatic imine (C=N–C) groups is 1. The van der Waals surface area contributed by atoms with Crippen molar-refractivity contribution in [2.24, 2.45) is 4.99 Å². The minimum atomic E-state index is 0.737. The van der Waals surface area contributed by atoms with Crippen molar-refractivity contribution in [2.75, 3.05) is 6.54 Å². The van der Waals surface area contributed by atoms with E-state index in [-0.39, 0.29) is 0 Å². The summed E-state index contributed by atoms with van der Waals surface area (Å²) in [4.78, 5) is 3.71. The number of nitrogens with one attached hydrogen (secondary N) is 1. The van der Waals surface area contributed by atoms with Gasteiger partial charge < -0.3 is 5.32 Å². The molecule has 0 spiro atoms. The number of rotatable bonds is 0. The molecule has 0 aliphatic carbocycles. The first kappa shape index (κ1) is 4.12. The highest BCUT2D eigenvalue weighted by Crippen LogP contribution is 1.93. The predicted molar refractivity (Wildman–Crippen MR) is 27.6 cm³/mol. The molecule has 0 atom stereocenters. The molecule has 0 saturated carbocycles. The van der Waals surface area contributed by atoms with Crippen LogP contribution in [0, 0.1) is 6.54 Å². The summed E-state index contributed by atoms with van der Waals surface area (Å²) in [7, 11) is 0. The molecule has 0 aromatic heterocycles. The van der Waals surface area contributed by atoms with E-state index in [0.29, 0.717) is 0 Å². The predicted octanol–water partition coefficient (Wildman–Crippen LogP) is 0.379. The fraction of sp³-hybridized carbons (Fsp3) is 0.333. The topological polar surface area (TPSA) is 24.4 Å². The van der Waals surface area contributed by atoms with E-state index in [2.05, 4.69) is 32.8 Å². The lowest BCUT2D eigenvalue weighted by Gasteiger charge is -1.82. The number of hydrogen-bond acceptors (Lipinski definition) is 2. The highest BCUT2D eigenvalue weighted by Gasteiger charge is 1.97. The van der Waals surface area contributed by atoms with E-state index >= 15 is 0 Å². The molecule has 1 aliphatic heterocycles. The van der Waals surface area contributed by atoms with Crippen LogP contribution < -0.4 is 5.32 Å². The van der Waals surface area contributed by atoms with Gasteiger partial charge in [-0.25, -0.2) is 4.99 Å². The number of nitrogens with zero attached hydrogens (tertiary/aromatic N) is 1. The van der Waals surface area contributed by atoms with Crippen LogP contribution in [-0.4, -0.2) is 11.3 Å². The second-order valence-corrected chi connectivity index (χ2v) is 1.67. The lowest BCUT2D eigenvalue weighted by atomic mass is 10.7. The Labute approximate surface area is 44.8 Å². The Morgan fingerprint density at radius 1 is 2.00 bits per heavy atom. The summed E-state index contributed by atoms with van der Waals surface area (Å²) in [6, 6.07) is 0. The van der Waals surface area contributed by atoms with Gasteiger partial charge in [-0.05, 0) is 15.9 Å². The fourth-order valence-electron chi connectivity index (χ4n) is 0.261. The first-order valence-electron chi connectivity index (χ1n) is 1.59. The molecule has 0 unspecified atom stereocenters. The molecule has 2 radical (unpaired) electrons. The lowest BCUT2D eigenvalue weighted by molar-refractivity contribution is 1.05. The minimum absolute atomic E-state index is 0.737. The Morgan fingerprint density at radius 3 is 3.00 bits per heavy atom. The maximum atomic E-state index is 3.71. The molecule has 0 aromatic carbocycles. The van der Waals surface area contributed by atoms with E-state index in [1.165, 1.54) is 0 Å². The Morgan fingerprint density at radius 2 is 2.83 bits per heavy atom. The van der Waals surface area contributed by atoms with Gasteiger partial charge in [0.05, 0.1) is 0 Å². The van der Waals surface area contributed by atoms with Crippen LogP contribution in [0.1, 0.15) is 0 Å². The monoisotopic (exact) mass is 146 g/mol. The van der Waals surface area contributed by atoms with Crippen LogP contribution in [0.4, 0.5) is 0 Å². The van der Waals surface area contributed by atoms with Crippen LogP contribution in [0.15, 0.2) is 4.99 Å². The smallest absolute Gasteiger partial charge is 0.166 e. The summed E-state index contributed by atoms with van der Waals surface area (Å²) in [5.74, 6) is 0. The van der Waals surface area contributed by atoms with Gasteiger partial charge >= 0.3 is 0 Å². The van der Waals surface area contributed by atoms with Gasteiger partial charge in [-0.3, -0.25) is 0 Å². The molecule has 1 rings (SSSR count). The second kappa shape index (κ2) is 1.60. The molecule has 0 bridgehead atoms. The van der Waals surface area contributed by atoms with Crippen molar-refractivity contribution < 1.29 is 0 Å². The molecule has 0 saturated heterocycles. The summed E-state index contributed by atoms with van der Waals surface area (Å²) >= 11 is 3.11. The molecule has 2 nitrogen and oxygen atoms in total. The number of halogens is 1. The Bertz CT molecular complexity index is 78.9. The molecule has 1 heterocycles. The maximum absolute atomic E-state index is 3.71. The van der Waals surface area contributed by atoms with Crippen LogP contribution in [0.25, 0.3) is 0 Å². The fourth-order valence-corrected chi connectivity index (χ4v) is 0.526. The Balaban J connectivity index is 2.45. The van der Waals surface area contributed by atoms with Crippen LogP contribution in [0.3, 0.4) is 0 Å². The molecule has 32 valence electrons. The van der Waals surface area contributed by atoms with Crippen LogP contribution in [0.2, 0.25) is 0 Å². The molecule has 3 heteroatoms. The zero-order chi connectivity index (χ0) is 4.41. The number of amidine groups is 1. The van der Waals surface area contributed by atoms with E-state index < -0.39 is 0 Å². The van der Waals surface area contributed by atoms with E-state index in [1.54, 1.807) is 0 Å². The van der Waals surface area contributed by atoms with Gasteiger partial charge in [0.15, 0.2) is 4.74 Å². The highest BCUT2D eigenvalue weighted by molar-refractivity contribution is 9.18. The van der Waals surface area contributed by atoms with Crippen LogP contribution in [0.5, 0.6) is 0 Å². The van der Waals surface area contributed by atoms with E-state index in [9.17, 15) is 0 Å². The molecule has 0 fully saturated rings. The van der Waals surface area contributed by atoms with Gasteiger partial charge in [0.1, 0.15) is 6.54 Å². The zero-order valence-electron chi connectivity index (χ0n) is 3.03. The molecule has 6 heavy (non-hydrogen) atoms. The summed E-state index contributed by atoms with van der Waals surface area (Å²) in [6.07, 6.45) is 0. The standard InChI is InChI=1S/C3H3BrN2/c4-3-5-1-2-6-3/h5H,1H2. The van der Waals surface area contributed by atoms with Gasteiger partial charge in [-0.15, -0.1) is 0 Å². The summed E-state index contributed by atoms with van der Waals surface area (Å²) in [6.45, 7) is 3.44. The molecular formula is C3H3BrN2. The lowest BCUT2D eigenvalue weighted by Crippen LogP contribution is -2.10. The van der Waals surface area contributed by atoms with Gasteiger partial charge in [-0.2, -0.15) is 0 Å². The minimum Gasteiger partial charge on any atom is -0.362 e. The third kappa shape index (κ3) is 0.712. The van der Waals surface area contributed by atoms with Crippen molar-refractivity contribution in [3.8, 4) is 0 Å². The molecule has 0 amide bonds. The highest BCUT2D eigenvalue weighted by atomic mass is 79.9. The molecule has 0 aromatic rings. The molecular weight excluding hydrogens is 144 g/mol. The molecule has 1 N–H and O–H groups in total. The average Bonchev–Trinajstić information content (AvgIpc) is 1.86. The van der Waals surface area contributed by atoms with Gasteiger partial charge in [-0.1, -0.05) is 0 Å². The molecule has 1 aliphatic rings. The van der Waals surface area contributed by atoms with Crippen molar-refractivity contribution in [2.45, 2.75) is 0 Å². The summed E-state index contributed by atoms with van der Waals surface area (Å²) < 4.78 is 0.780. The summed E-state index contributed by atoms with van der Waals surface area (Å²) in [5.41, 5.74) is 0. The summed E-state index contributed by atoms with van der Waals surface area (Å²) in [5, 5.41) is 2.88. The SMILES string of the molecule is BrC1=N[C]CN1. The zero-order valence-corrected chi connectivity index (χ0v) is 4.62. The van der Waals surface area contributed by atoms with Crippen molar-refractivity contribution in [1.29, 1.82) is 0 Å². The van der Waals surface area contributed by atoms with Gasteiger partial charge in [0, 0.05) is 6.54 Å². The third-order valence-electron chi connectivity index (χ3n) is 0.491. The first-order chi connectivity index (χ1) is 2.89. The largest absolute Gasteiger partial charge is 0.362 e. The van der Waals surface area contributed by atoms with E-state index in [0.717, 1.165) is 11.3 Å². The first-order valence-corrected chi connectivity index (χ1v) is 2.39. The van der Waals surface area contributed by atoms with Crippen molar-refractivity contribution in [3.05, 3.63) is 6.54 Å². The van der Waals surface area contributed by atoms with Crippen molar-refractivity contribution in [3.63, 3.8) is 0 Å². The van der Waals surface area contributed by atoms with Crippen LogP contribution in [-0.2, 0) is 0 Å². The Kier molecular flexibility index (Phi) is 1.10. The number of hydrogen-bond donors (Lipinski definition) is 1. The Hall–Kier alpha value is -0.0500. The normalized spacial score (nSPS) is 19.8. The van der Waals surface area contributed by atoms with E-state index in [4.69, 9.17) is 0 Å². The average molecular weight is 147 g/mol. The van der Waals surface area contributed by atoms with Crippen LogP contribution >= 0.6 is 15.9 Å². The quantitative estimate of drug-likeness (QED) is 0.492. The maximum Gasteiger partial charge on any atom is 0.166 e. The third-order valence-corrected chi connectivity index (χ3v) is 0.948.